The largest absolute Gasteiger partial charge is 0.497 e. The maximum absolute atomic E-state index is 12.4. The molecule has 0 amide bonds. The third-order valence-electron chi connectivity index (χ3n) is 3.07. The normalized spacial score (nSPS) is 11.5. The molecule has 1 heterocycles. The highest BCUT2D eigenvalue weighted by molar-refractivity contribution is 7.91. The van der Waals surface area contributed by atoms with Crippen LogP contribution < -0.4 is 10.5 Å². The molecule has 0 saturated heterocycles. The zero-order valence-corrected chi connectivity index (χ0v) is 12.2. The van der Waals surface area contributed by atoms with Gasteiger partial charge in [-0.15, -0.1) is 0 Å². The Morgan fingerprint density at radius 1 is 1.40 bits per heavy atom. The number of hydrogen-bond acceptors (Lipinski definition) is 5. The second-order valence-corrected chi connectivity index (χ2v) is 6.50. The van der Waals surface area contributed by atoms with Crippen LogP contribution in [0.2, 0.25) is 0 Å². The molecule has 0 aliphatic rings. The lowest BCUT2D eigenvalue weighted by Crippen LogP contribution is -2.13. The average Bonchev–Trinajstić information content (AvgIpc) is 2.82. The predicted octanol–water partition coefficient (Wildman–Crippen LogP) is 1.03. The molecule has 0 spiro atoms. The highest BCUT2D eigenvalue weighted by atomic mass is 32.2. The molecule has 0 aliphatic carbocycles. The molecular formula is C13H17N3O3S. The number of aryl methyl sites for hydroxylation is 2. The van der Waals surface area contributed by atoms with Crippen molar-refractivity contribution >= 4 is 15.5 Å². The van der Waals surface area contributed by atoms with Gasteiger partial charge in [0.25, 0.3) is 0 Å². The fraction of sp³-hybridized carbons (Fsp3) is 0.308. The fourth-order valence-electron chi connectivity index (χ4n) is 1.88. The number of ether oxygens (including phenoxy) is 1. The summed E-state index contributed by atoms with van der Waals surface area (Å²) in [5.74, 6) is 1.14. The quantitative estimate of drug-likeness (QED) is 0.832. The Morgan fingerprint density at radius 2 is 2.15 bits per heavy atom. The molecule has 0 radical (unpaired) electrons. The van der Waals surface area contributed by atoms with Crippen LogP contribution in [0.25, 0.3) is 0 Å². The Kier molecular flexibility index (Phi) is 3.99. The van der Waals surface area contributed by atoms with Gasteiger partial charge in [0.05, 0.1) is 23.4 Å². The SMILES string of the molecule is COc1ccc(N)c(S(=O)(=O)CCc2nccn2C)c1. The van der Waals surface area contributed by atoms with Gasteiger partial charge >= 0.3 is 0 Å². The Labute approximate surface area is 118 Å². The molecule has 2 rings (SSSR count). The third-order valence-corrected chi connectivity index (χ3v) is 4.84. The van der Waals surface area contributed by atoms with Gasteiger partial charge in [-0.05, 0) is 12.1 Å². The molecule has 0 unspecified atom stereocenters. The standard InChI is InChI=1S/C13H17N3O3S/c1-16-7-6-15-13(16)5-8-20(17,18)12-9-10(19-2)3-4-11(12)14/h3-4,6-7,9H,5,8,14H2,1-2H3. The molecule has 2 aromatic rings. The van der Waals surface area contributed by atoms with Crippen molar-refractivity contribution < 1.29 is 13.2 Å². The van der Waals surface area contributed by atoms with Crippen LogP contribution >= 0.6 is 0 Å². The zero-order valence-electron chi connectivity index (χ0n) is 11.4. The summed E-state index contributed by atoms with van der Waals surface area (Å²) >= 11 is 0. The second-order valence-electron chi connectivity index (χ2n) is 4.43. The van der Waals surface area contributed by atoms with Crippen LogP contribution in [0.5, 0.6) is 5.75 Å². The van der Waals surface area contributed by atoms with Crippen LogP contribution in [0.4, 0.5) is 5.69 Å². The number of sulfone groups is 1. The topological polar surface area (TPSA) is 87.2 Å². The summed E-state index contributed by atoms with van der Waals surface area (Å²) in [5, 5.41) is 0. The Hall–Kier alpha value is -2.02. The van der Waals surface area contributed by atoms with E-state index in [4.69, 9.17) is 10.5 Å². The number of methoxy groups -OCH3 is 1. The third kappa shape index (κ3) is 2.93. The summed E-state index contributed by atoms with van der Waals surface area (Å²) < 4.78 is 31.5. The van der Waals surface area contributed by atoms with Crippen molar-refractivity contribution in [2.24, 2.45) is 7.05 Å². The van der Waals surface area contributed by atoms with E-state index in [2.05, 4.69) is 4.98 Å². The number of imidazole rings is 1. The predicted molar refractivity (Wildman–Crippen MR) is 76.4 cm³/mol. The van der Waals surface area contributed by atoms with Crippen LogP contribution in [0, 0.1) is 0 Å². The van der Waals surface area contributed by atoms with Gasteiger partial charge < -0.3 is 15.0 Å². The molecule has 1 aromatic heterocycles. The molecule has 0 fully saturated rings. The number of rotatable bonds is 5. The lowest BCUT2D eigenvalue weighted by atomic mass is 10.3. The van der Waals surface area contributed by atoms with Gasteiger partial charge in [0.15, 0.2) is 9.84 Å². The van der Waals surface area contributed by atoms with Gasteiger partial charge in [-0.25, -0.2) is 13.4 Å². The van der Waals surface area contributed by atoms with Crippen LogP contribution in [-0.2, 0) is 23.3 Å². The van der Waals surface area contributed by atoms with Gasteiger partial charge in [-0.3, -0.25) is 0 Å². The minimum absolute atomic E-state index is 0.0464. The summed E-state index contributed by atoms with van der Waals surface area (Å²) in [6.07, 6.45) is 3.76. The molecule has 0 atom stereocenters. The van der Waals surface area contributed by atoms with E-state index < -0.39 is 9.84 Å². The number of nitrogens with zero attached hydrogens (tertiary/aromatic N) is 2. The molecule has 0 aliphatic heterocycles. The molecular weight excluding hydrogens is 278 g/mol. The first-order chi connectivity index (χ1) is 9.44. The highest BCUT2D eigenvalue weighted by Crippen LogP contribution is 2.25. The minimum atomic E-state index is -3.47. The number of aromatic nitrogens is 2. The summed E-state index contributed by atoms with van der Waals surface area (Å²) in [6, 6.07) is 4.61. The molecule has 108 valence electrons. The summed E-state index contributed by atoms with van der Waals surface area (Å²) in [4.78, 5) is 4.21. The average molecular weight is 295 g/mol. The Morgan fingerprint density at radius 3 is 2.75 bits per heavy atom. The number of hydrogen-bond donors (Lipinski definition) is 1. The number of benzene rings is 1. The summed E-state index contributed by atoms with van der Waals surface area (Å²) in [7, 11) is -0.165. The lowest BCUT2D eigenvalue weighted by molar-refractivity contribution is 0.413. The molecule has 7 heteroatoms. The van der Waals surface area contributed by atoms with E-state index in [0.29, 0.717) is 12.2 Å². The molecule has 6 nitrogen and oxygen atoms in total. The second kappa shape index (κ2) is 5.54. The number of anilines is 1. The van der Waals surface area contributed by atoms with Crippen LogP contribution in [0.15, 0.2) is 35.5 Å². The minimum Gasteiger partial charge on any atom is -0.497 e. The van der Waals surface area contributed by atoms with Gasteiger partial charge in [-0.2, -0.15) is 0 Å². The van der Waals surface area contributed by atoms with E-state index in [1.807, 2.05) is 7.05 Å². The van der Waals surface area contributed by atoms with E-state index in [9.17, 15) is 8.42 Å². The maximum Gasteiger partial charge on any atom is 0.180 e. The van der Waals surface area contributed by atoms with Crippen molar-refractivity contribution in [3.05, 3.63) is 36.4 Å². The summed E-state index contributed by atoms with van der Waals surface area (Å²) in [5.41, 5.74) is 5.98. The van der Waals surface area contributed by atoms with Crippen LogP contribution in [-0.4, -0.2) is 30.8 Å². The smallest absolute Gasteiger partial charge is 0.180 e. The highest BCUT2D eigenvalue weighted by Gasteiger charge is 2.19. The van der Waals surface area contributed by atoms with E-state index in [1.165, 1.54) is 19.2 Å². The lowest BCUT2D eigenvalue weighted by Gasteiger charge is -2.09. The monoisotopic (exact) mass is 295 g/mol. The molecule has 1 aromatic carbocycles. The van der Waals surface area contributed by atoms with E-state index in [1.54, 1.807) is 23.0 Å². The van der Waals surface area contributed by atoms with E-state index in [-0.39, 0.29) is 16.3 Å². The van der Waals surface area contributed by atoms with Gasteiger partial charge in [0.2, 0.25) is 0 Å². The van der Waals surface area contributed by atoms with Gasteiger partial charge in [0, 0.05) is 31.9 Å². The van der Waals surface area contributed by atoms with Crippen molar-refractivity contribution in [3.63, 3.8) is 0 Å². The van der Waals surface area contributed by atoms with Crippen LogP contribution in [0.3, 0.4) is 0 Å². The van der Waals surface area contributed by atoms with Crippen molar-refractivity contribution in [3.8, 4) is 5.75 Å². The molecule has 0 bridgehead atoms. The van der Waals surface area contributed by atoms with Gasteiger partial charge in [0.1, 0.15) is 11.6 Å². The summed E-state index contributed by atoms with van der Waals surface area (Å²) in [6.45, 7) is 0. The molecule has 0 saturated carbocycles. The molecule has 20 heavy (non-hydrogen) atoms. The first-order valence-corrected chi connectivity index (χ1v) is 7.72. The zero-order chi connectivity index (χ0) is 14.8. The fourth-order valence-corrected chi connectivity index (χ4v) is 3.28. The van der Waals surface area contributed by atoms with Gasteiger partial charge in [-0.1, -0.05) is 0 Å². The first kappa shape index (κ1) is 14.4. The van der Waals surface area contributed by atoms with Crippen LogP contribution in [0.1, 0.15) is 5.82 Å². The van der Waals surface area contributed by atoms with Crippen molar-refractivity contribution in [2.45, 2.75) is 11.3 Å². The number of nitrogens with two attached hydrogens (primary N) is 1. The first-order valence-electron chi connectivity index (χ1n) is 6.06. The van der Waals surface area contributed by atoms with E-state index >= 15 is 0 Å². The van der Waals surface area contributed by atoms with Crippen molar-refractivity contribution in [1.29, 1.82) is 0 Å². The molecule has 2 N–H and O–H groups in total. The van der Waals surface area contributed by atoms with Crippen molar-refractivity contribution in [2.75, 3.05) is 18.6 Å². The maximum atomic E-state index is 12.4. The Bertz CT molecular complexity index is 707. The Balaban J connectivity index is 2.24. The van der Waals surface area contributed by atoms with Crippen molar-refractivity contribution in [1.82, 2.24) is 9.55 Å². The van der Waals surface area contributed by atoms with E-state index in [0.717, 1.165) is 5.82 Å². The number of nitrogen functional groups attached to an aromatic ring is 1.